The molecule has 0 aliphatic rings. The highest BCUT2D eigenvalue weighted by Gasteiger charge is 2.08. The Morgan fingerprint density at radius 3 is 2.62 bits per heavy atom. The van der Waals surface area contributed by atoms with Crippen molar-refractivity contribution in [1.29, 1.82) is 0 Å². The van der Waals surface area contributed by atoms with Gasteiger partial charge in [-0.2, -0.15) is 0 Å². The van der Waals surface area contributed by atoms with Crippen molar-refractivity contribution >= 4 is 21.8 Å². The van der Waals surface area contributed by atoms with Crippen LogP contribution >= 0.6 is 15.9 Å². The van der Waals surface area contributed by atoms with Gasteiger partial charge in [0.05, 0.1) is 0 Å². The van der Waals surface area contributed by atoms with Crippen molar-refractivity contribution < 1.29 is 4.79 Å². The smallest absolute Gasteiger partial charge is 0.220 e. The lowest BCUT2D eigenvalue weighted by molar-refractivity contribution is -0.121. The molecule has 1 N–H and O–H groups in total. The number of hydrogen-bond donors (Lipinski definition) is 1. The second-order valence-electron chi connectivity index (χ2n) is 3.81. The van der Waals surface area contributed by atoms with Crippen molar-refractivity contribution in [2.24, 2.45) is 0 Å². The maximum atomic E-state index is 11.6. The van der Waals surface area contributed by atoms with Crippen LogP contribution < -0.4 is 5.32 Å². The van der Waals surface area contributed by atoms with Gasteiger partial charge in [0, 0.05) is 17.8 Å². The van der Waals surface area contributed by atoms with Crippen molar-refractivity contribution in [2.45, 2.75) is 32.2 Å². The van der Waals surface area contributed by atoms with Gasteiger partial charge in [-0.05, 0) is 18.4 Å². The van der Waals surface area contributed by atoms with Crippen molar-refractivity contribution in [3.8, 4) is 0 Å². The van der Waals surface area contributed by atoms with Crippen molar-refractivity contribution in [1.82, 2.24) is 5.32 Å². The topological polar surface area (TPSA) is 29.1 Å². The second-order valence-corrected chi connectivity index (χ2v) is 4.46. The monoisotopic (exact) mass is 283 g/mol. The number of carbonyl (C=O) groups excluding carboxylic acids is 1. The third kappa shape index (κ3) is 4.79. The van der Waals surface area contributed by atoms with E-state index in [1.165, 1.54) is 5.56 Å². The fraction of sp³-hybridized carbons (Fsp3) is 0.462. The standard InChI is InChI=1S/C13H18BrNO/c1-2-12(10-14)15-13(16)9-8-11-6-4-3-5-7-11/h3-7,12H,2,8-10H2,1H3,(H,15,16). The molecule has 0 radical (unpaired) electrons. The predicted molar refractivity (Wildman–Crippen MR) is 70.8 cm³/mol. The molecule has 2 nitrogen and oxygen atoms in total. The van der Waals surface area contributed by atoms with E-state index < -0.39 is 0 Å². The molecule has 1 aromatic carbocycles. The fourth-order valence-electron chi connectivity index (χ4n) is 1.45. The average Bonchev–Trinajstić information content (AvgIpc) is 2.34. The van der Waals surface area contributed by atoms with Crippen LogP contribution in [0.15, 0.2) is 30.3 Å². The van der Waals surface area contributed by atoms with E-state index in [4.69, 9.17) is 0 Å². The summed E-state index contributed by atoms with van der Waals surface area (Å²) < 4.78 is 0. The number of halogens is 1. The van der Waals surface area contributed by atoms with E-state index in [9.17, 15) is 4.79 Å². The molecule has 1 rings (SSSR count). The minimum absolute atomic E-state index is 0.134. The number of hydrogen-bond acceptors (Lipinski definition) is 1. The van der Waals surface area contributed by atoms with Crippen LogP contribution in [0.25, 0.3) is 0 Å². The lowest BCUT2D eigenvalue weighted by atomic mass is 10.1. The fourth-order valence-corrected chi connectivity index (χ4v) is 2.07. The first-order valence-corrected chi connectivity index (χ1v) is 6.77. The SMILES string of the molecule is CCC(CBr)NC(=O)CCc1ccccc1. The number of carbonyl (C=O) groups is 1. The predicted octanol–water partition coefficient (Wildman–Crippen LogP) is 2.91. The van der Waals surface area contributed by atoms with Gasteiger partial charge in [-0.15, -0.1) is 0 Å². The number of amides is 1. The van der Waals surface area contributed by atoms with E-state index in [1.807, 2.05) is 18.2 Å². The van der Waals surface area contributed by atoms with Gasteiger partial charge in [-0.1, -0.05) is 53.2 Å². The number of nitrogens with one attached hydrogen (secondary N) is 1. The average molecular weight is 284 g/mol. The summed E-state index contributed by atoms with van der Waals surface area (Å²) in [5.74, 6) is 0.134. The Hall–Kier alpha value is -0.830. The third-order valence-corrected chi connectivity index (χ3v) is 3.31. The zero-order valence-corrected chi connectivity index (χ0v) is 11.2. The van der Waals surface area contributed by atoms with Crippen LogP contribution in [-0.4, -0.2) is 17.3 Å². The highest BCUT2D eigenvalue weighted by Crippen LogP contribution is 2.03. The van der Waals surface area contributed by atoms with Gasteiger partial charge >= 0.3 is 0 Å². The Kier molecular flexibility index (Phi) is 6.16. The lowest BCUT2D eigenvalue weighted by Crippen LogP contribution is -2.35. The Bertz CT molecular complexity index is 309. The Labute approximate surface area is 106 Å². The third-order valence-electron chi connectivity index (χ3n) is 2.53. The molecule has 0 saturated heterocycles. The van der Waals surface area contributed by atoms with Gasteiger partial charge in [-0.25, -0.2) is 0 Å². The van der Waals surface area contributed by atoms with E-state index >= 15 is 0 Å². The first kappa shape index (κ1) is 13.2. The first-order valence-electron chi connectivity index (χ1n) is 5.65. The highest BCUT2D eigenvalue weighted by molar-refractivity contribution is 9.09. The zero-order chi connectivity index (χ0) is 11.8. The summed E-state index contributed by atoms with van der Waals surface area (Å²) >= 11 is 3.39. The second kappa shape index (κ2) is 7.44. The molecule has 1 atom stereocenters. The maximum Gasteiger partial charge on any atom is 0.220 e. The summed E-state index contributed by atoms with van der Waals surface area (Å²) in [5, 5.41) is 3.82. The number of aryl methyl sites for hydroxylation is 1. The number of alkyl halides is 1. The summed E-state index contributed by atoms with van der Waals surface area (Å²) in [6, 6.07) is 10.3. The summed E-state index contributed by atoms with van der Waals surface area (Å²) in [6.07, 6.45) is 2.33. The van der Waals surface area contributed by atoms with Crippen molar-refractivity contribution in [3.63, 3.8) is 0 Å². The molecule has 1 unspecified atom stereocenters. The molecule has 16 heavy (non-hydrogen) atoms. The van der Waals surface area contributed by atoms with Gasteiger partial charge < -0.3 is 5.32 Å². The summed E-state index contributed by atoms with van der Waals surface area (Å²) in [6.45, 7) is 2.07. The first-order chi connectivity index (χ1) is 7.76. The van der Waals surface area contributed by atoms with Crippen molar-refractivity contribution in [2.75, 3.05) is 5.33 Å². The Balaban J connectivity index is 2.30. The van der Waals surface area contributed by atoms with Gasteiger partial charge in [0.15, 0.2) is 0 Å². The molecule has 0 saturated carbocycles. The molecule has 1 amide bonds. The molecule has 0 fully saturated rings. The molecule has 0 aliphatic heterocycles. The number of rotatable bonds is 6. The maximum absolute atomic E-state index is 11.6. The van der Waals surface area contributed by atoms with E-state index in [2.05, 4.69) is 40.3 Å². The molecule has 0 aromatic heterocycles. The molecule has 0 heterocycles. The molecule has 0 spiro atoms. The van der Waals surface area contributed by atoms with Crippen LogP contribution in [0.2, 0.25) is 0 Å². The summed E-state index contributed by atoms with van der Waals surface area (Å²) in [4.78, 5) is 11.6. The van der Waals surface area contributed by atoms with Crippen LogP contribution in [0, 0.1) is 0 Å². The quantitative estimate of drug-likeness (QED) is 0.800. The Morgan fingerprint density at radius 2 is 2.06 bits per heavy atom. The minimum atomic E-state index is 0.134. The van der Waals surface area contributed by atoms with Crippen LogP contribution in [0.5, 0.6) is 0 Å². The van der Waals surface area contributed by atoms with Gasteiger partial charge in [-0.3, -0.25) is 4.79 Å². The normalized spacial score (nSPS) is 12.1. The van der Waals surface area contributed by atoms with Gasteiger partial charge in [0.1, 0.15) is 0 Å². The molecular weight excluding hydrogens is 266 g/mol. The van der Waals surface area contributed by atoms with E-state index in [1.54, 1.807) is 0 Å². The minimum Gasteiger partial charge on any atom is -0.353 e. The number of benzene rings is 1. The van der Waals surface area contributed by atoms with Crippen LogP contribution in [0.3, 0.4) is 0 Å². The van der Waals surface area contributed by atoms with E-state index in [0.717, 1.165) is 18.2 Å². The van der Waals surface area contributed by atoms with Crippen molar-refractivity contribution in [3.05, 3.63) is 35.9 Å². The van der Waals surface area contributed by atoms with Crippen LogP contribution in [0.4, 0.5) is 0 Å². The van der Waals surface area contributed by atoms with Gasteiger partial charge in [0.2, 0.25) is 5.91 Å². The lowest BCUT2D eigenvalue weighted by Gasteiger charge is -2.13. The van der Waals surface area contributed by atoms with E-state index in [0.29, 0.717) is 6.42 Å². The van der Waals surface area contributed by atoms with Gasteiger partial charge in [0.25, 0.3) is 0 Å². The molecule has 1 aromatic rings. The molecule has 0 bridgehead atoms. The summed E-state index contributed by atoms with van der Waals surface area (Å²) in [7, 11) is 0. The molecule has 0 aliphatic carbocycles. The van der Waals surface area contributed by atoms with E-state index in [-0.39, 0.29) is 11.9 Å². The highest BCUT2D eigenvalue weighted by atomic mass is 79.9. The van der Waals surface area contributed by atoms with Crippen LogP contribution in [0.1, 0.15) is 25.3 Å². The Morgan fingerprint density at radius 1 is 1.38 bits per heavy atom. The van der Waals surface area contributed by atoms with Crippen LogP contribution in [-0.2, 0) is 11.2 Å². The molecule has 88 valence electrons. The zero-order valence-electron chi connectivity index (χ0n) is 9.58. The molecular formula is C13H18BrNO. The largest absolute Gasteiger partial charge is 0.353 e. The molecule has 3 heteroatoms. The summed E-state index contributed by atoms with van der Waals surface area (Å²) in [5.41, 5.74) is 1.21.